The molecule has 2 N–H and O–H groups in total. The fraction of sp³-hybridized carbons (Fsp3) is 0.350. The predicted molar refractivity (Wildman–Crippen MR) is 111 cm³/mol. The molecule has 1 saturated carbocycles. The van der Waals surface area contributed by atoms with Crippen molar-refractivity contribution in [3.63, 3.8) is 0 Å². The standard InChI is InChI=1S/C20H18ClF3N4OS/c21-11-4-5-15-14(8-11)17(10-18(27-15)20(22,23)24)25-12-2-1-3-13(9-12)26-19(29)16-6-7-30-28-16/h4-8,10,12-13H,1-3,9H2,(H,25,27)(H,26,29)/t12-,13+/m0/s1. The monoisotopic (exact) mass is 454 g/mol. The highest BCUT2D eigenvalue weighted by atomic mass is 35.5. The summed E-state index contributed by atoms with van der Waals surface area (Å²) in [5.74, 6) is -0.234. The van der Waals surface area contributed by atoms with E-state index in [9.17, 15) is 18.0 Å². The van der Waals surface area contributed by atoms with Crippen molar-refractivity contribution in [2.45, 2.75) is 43.9 Å². The highest BCUT2D eigenvalue weighted by molar-refractivity contribution is 7.03. The number of halogens is 4. The molecule has 30 heavy (non-hydrogen) atoms. The largest absolute Gasteiger partial charge is 0.433 e. The number of hydrogen-bond donors (Lipinski definition) is 2. The van der Waals surface area contributed by atoms with Gasteiger partial charge in [-0.05, 0) is 67.5 Å². The summed E-state index contributed by atoms with van der Waals surface area (Å²) >= 11 is 7.27. The van der Waals surface area contributed by atoms with Crippen molar-refractivity contribution in [2.75, 3.05) is 5.32 Å². The van der Waals surface area contributed by atoms with Crippen LogP contribution in [0.2, 0.25) is 5.02 Å². The first kappa shape index (κ1) is 20.9. The summed E-state index contributed by atoms with van der Waals surface area (Å²) in [6.07, 6.45) is -1.52. The number of carbonyl (C=O) groups is 1. The molecule has 0 aliphatic heterocycles. The third kappa shape index (κ3) is 4.67. The predicted octanol–water partition coefficient (Wildman–Crippen LogP) is 5.52. The van der Waals surface area contributed by atoms with Crippen molar-refractivity contribution in [3.05, 3.63) is 52.1 Å². The van der Waals surface area contributed by atoms with Crippen LogP contribution in [-0.4, -0.2) is 27.3 Å². The summed E-state index contributed by atoms with van der Waals surface area (Å²) in [5.41, 5.74) is -0.0177. The van der Waals surface area contributed by atoms with E-state index in [0.29, 0.717) is 28.2 Å². The Morgan fingerprint density at radius 1 is 1.17 bits per heavy atom. The Hall–Kier alpha value is -2.39. The van der Waals surface area contributed by atoms with Gasteiger partial charge >= 0.3 is 6.18 Å². The maximum atomic E-state index is 13.3. The minimum absolute atomic E-state index is 0.0794. The quantitative estimate of drug-likeness (QED) is 0.545. The lowest BCUT2D eigenvalue weighted by Gasteiger charge is -2.31. The number of amides is 1. The van der Waals surface area contributed by atoms with Gasteiger partial charge in [0, 0.05) is 33.6 Å². The van der Waals surface area contributed by atoms with Gasteiger partial charge in [0.1, 0.15) is 11.4 Å². The van der Waals surface area contributed by atoms with Crippen LogP contribution in [0.1, 0.15) is 41.9 Å². The molecule has 1 fully saturated rings. The van der Waals surface area contributed by atoms with Crippen LogP contribution in [0.25, 0.3) is 10.9 Å². The van der Waals surface area contributed by atoms with Crippen molar-refractivity contribution in [3.8, 4) is 0 Å². The van der Waals surface area contributed by atoms with Gasteiger partial charge in [-0.15, -0.1) is 0 Å². The number of nitrogens with zero attached hydrogens (tertiary/aromatic N) is 2. The van der Waals surface area contributed by atoms with Gasteiger partial charge in [-0.1, -0.05) is 11.6 Å². The molecule has 0 radical (unpaired) electrons. The van der Waals surface area contributed by atoms with E-state index in [4.69, 9.17) is 11.6 Å². The summed E-state index contributed by atoms with van der Waals surface area (Å²) in [6.45, 7) is 0. The van der Waals surface area contributed by atoms with Gasteiger partial charge < -0.3 is 10.6 Å². The second-order valence-electron chi connectivity index (χ2n) is 7.28. The van der Waals surface area contributed by atoms with E-state index in [0.717, 1.165) is 25.3 Å². The van der Waals surface area contributed by atoms with Gasteiger partial charge in [-0.2, -0.15) is 17.5 Å². The van der Waals surface area contributed by atoms with Crippen molar-refractivity contribution < 1.29 is 18.0 Å². The van der Waals surface area contributed by atoms with Gasteiger partial charge in [-0.3, -0.25) is 4.79 Å². The molecule has 2 atom stereocenters. The molecule has 0 spiro atoms. The molecule has 1 aliphatic rings. The fourth-order valence-corrected chi connectivity index (χ4v) is 4.40. The van der Waals surface area contributed by atoms with Crippen molar-refractivity contribution in [2.24, 2.45) is 0 Å². The summed E-state index contributed by atoms with van der Waals surface area (Å²) in [6, 6.07) is 7.12. The third-order valence-electron chi connectivity index (χ3n) is 5.10. The molecule has 4 rings (SSSR count). The number of rotatable bonds is 4. The highest BCUT2D eigenvalue weighted by Crippen LogP contribution is 2.35. The molecule has 10 heteroatoms. The molecule has 5 nitrogen and oxygen atoms in total. The number of fused-ring (bicyclic) bond motifs is 1. The molecular weight excluding hydrogens is 437 g/mol. The number of anilines is 1. The summed E-state index contributed by atoms with van der Waals surface area (Å²) < 4.78 is 44.0. The average molecular weight is 455 g/mol. The molecule has 3 aromatic rings. The lowest BCUT2D eigenvalue weighted by molar-refractivity contribution is -0.140. The minimum atomic E-state index is -4.55. The topological polar surface area (TPSA) is 66.9 Å². The zero-order valence-corrected chi connectivity index (χ0v) is 17.2. The van der Waals surface area contributed by atoms with Gasteiger partial charge in [0.25, 0.3) is 5.91 Å². The Morgan fingerprint density at radius 3 is 2.70 bits per heavy atom. The number of carbonyl (C=O) groups excluding carboxylic acids is 1. The molecule has 2 aromatic heterocycles. The summed E-state index contributed by atoms with van der Waals surface area (Å²) in [4.78, 5) is 16.0. The normalized spacial score (nSPS) is 19.6. The summed E-state index contributed by atoms with van der Waals surface area (Å²) in [5, 5.41) is 8.90. The van der Waals surface area contributed by atoms with Crippen LogP contribution in [0.4, 0.5) is 18.9 Å². The van der Waals surface area contributed by atoms with Crippen LogP contribution in [0.15, 0.2) is 35.7 Å². The molecule has 0 unspecified atom stereocenters. The van der Waals surface area contributed by atoms with Crippen molar-refractivity contribution in [1.82, 2.24) is 14.7 Å². The van der Waals surface area contributed by atoms with Crippen LogP contribution in [0, 0.1) is 0 Å². The number of alkyl halides is 3. The number of hydrogen-bond acceptors (Lipinski definition) is 5. The summed E-state index contributed by atoms with van der Waals surface area (Å²) in [7, 11) is 0. The zero-order valence-electron chi connectivity index (χ0n) is 15.7. The van der Waals surface area contributed by atoms with E-state index in [1.165, 1.54) is 23.7 Å². The van der Waals surface area contributed by atoms with Crippen LogP contribution < -0.4 is 10.6 Å². The first-order valence-electron chi connectivity index (χ1n) is 9.45. The van der Waals surface area contributed by atoms with Crippen molar-refractivity contribution in [1.29, 1.82) is 0 Å². The van der Waals surface area contributed by atoms with Gasteiger partial charge in [0.2, 0.25) is 0 Å². The highest BCUT2D eigenvalue weighted by Gasteiger charge is 2.34. The second-order valence-corrected chi connectivity index (χ2v) is 8.38. The molecular formula is C20H18ClF3N4OS. The number of aromatic nitrogens is 2. The van der Waals surface area contributed by atoms with Crippen molar-refractivity contribution >= 4 is 45.6 Å². The average Bonchev–Trinajstić information content (AvgIpc) is 3.23. The smallest absolute Gasteiger partial charge is 0.382 e. The second kappa shape index (κ2) is 8.39. The van der Waals surface area contributed by atoms with Gasteiger partial charge in [0.05, 0.1) is 5.52 Å². The van der Waals surface area contributed by atoms with E-state index in [1.54, 1.807) is 17.5 Å². The van der Waals surface area contributed by atoms with E-state index in [-0.39, 0.29) is 23.5 Å². The first-order chi connectivity index (χ1) is 14.3. The van der Waals surface area contributed by atoms with E-state index < -0.39 is 11.9 Å². The molecule has 158 valence electrons. The fourth-order valence-electron chi connectivity index (χ4n) is 3.72. The first-order valence-corrected chi connectivity index (χ1v) is 10.7. The van der Waals surface area contributed by atoms with Crippen LogP contribution >= 0.6 is 23.1 Å². The molecule has 1 aromatic carbocycles. The Kier molecular flexibility index (Phi) is 5.84. The van der Waals surface area contributed by atoms with Gasteiger partial charge in [0.15, 0.2) is 0 Å². The molecule has 2 heterocycles. The SMILES string of the molecule is O=C(N[C@@H]1CCC[C@H](Nc2cc(C(F)(F)F)nc3ccc(Cl)cc23)C1)c1ccsn1. The Labute approximate surface area is 179 Å². The number of benzene rings is 1. The lowest BCUT2D eigenvalue weighted by atomic mass is 9.90. The zero-order chi connectivity index (χ0) is 21.3. The Morgan fingerprint density at radius 2 is 1.97 bits per heavy atom. The van der Waals surface area contributed by atoms with E-state index >= 15 is 0 Å². The molecule has 1 amide bonds. The Balaban J connectivity index is 1.55. The molecule has 0 bridgehead atoms. The van der Waals surface area contributed by atoms with Crippen LogP contribution in [0.3, 0.4) is 0 Å². The third-order valence-corrected chi connectivity index (χ3v) is 5.90. The molecule has 1 aliphatic carbocycles. The van der Waals surface area contributed by atoms with Crippen LogP contribution in [-0.2, 0) is 6.18 Å². The van der Waals surface area contributed by atoms with Gasteiger partial charge in [-0.25, -0.2) is 4.98 Å². The van der Waals surface area contributed by atoms with E-state index in [1.807, 2.05) is 0 Å². The number of pyridine rings is 1. The maximum Gasteiger partial charge on any atom is 0.433 e. The number of nitrogens with one attached hydrogen (secondary N) is 2. The van der Waals surface area contributed by atoms with Crippen LogP contribution in [0.5, 0.6) is 0 Å². The molecule has 0 saturated heterocycles. The minimum Gasteiger partial charge on any atom is -0.382 e. The Bertz CT molecular complexity index is 1060. The van der Waals surface area contributed by atoms with E-state index in [2.05, 4.69) is 20.0 Å². The lowest BCUT2D eigenvalue weighted by Crippen LogP contribution is -2.42. The maximum absolute atomic E-state index is 13.3.